The summed E-state index contributed by atoms with van der Waals surface area (Å²) >= 11 is 1.58. The maximum Gasteiger partial charge on any atom is 0.302 e. The Morgan fingerprint density at radius 3 is 2.73 bits per heavy atom. The van der Waals surface area contributed by atoms with Crippen LogP contribution < -0.4 is 15.8 Å². The van der Waals surface area contributed by atoms with Crippen LogP contribution in [0.25, 0.3) is 0 Å². The van der Waals surface area contributed by atoms with E-state index in [-0.39, 0.29) is 16.8 Å². The van der Waals surface area contributed by atoms with Crippen LogP contribution in [0.15, 0.2) is 23.1 Å². The van der Waals surface area contributed by atoms with Gasteiger partial charge in [-0.25, -0.2) is 8.42 Å². The van der Waals surface area contributed by atoms with Crippen LogP contribution in [0.3, 0.4) is 0 Å². The van der Waals surface area contributed by atoms with E-state index in [0.29, 0.717) is 56.1 Å². The molecule has 0 aliphatic carbocycles. The molecule has 2 atom stereocenters. The van der Waals surface area contributed by atoms with Crippen molar-refractivity contribution in [2.75, 3.05) is 49.6 Å². The van der Waals surface area contributed by atoms with Gasteiger partial charge in [0, 0.05) is 32.3 Å². The Balaban J connectivity index is 1.68. The van der Waals surface area contributed by atoms with E-state index < -0.39 is 16.1 Å². The van der Waals surface area contributed by atoms with Crippen LogP contribution in [-0.2, 0) is 30.8 Å². The first-order valence-electron chi connectivity index (χ1n) is 13.3. The van der Waals surface area contributed by atoms with Gasteiger partial charge in [0.1, 0.15) is 10.9 Å². The van der Waals surface area contributed by atoms with Gasteiger partial charge in [0.15, 0.2) is 0 Å². The van der Waals surface area contributed by atoms with Gasteiger partial charge in [-0.3, -0.25) is 9.59 Å². The molecule has 4 N–H and O–H groups in total. The fourth-order valence-corrected chi connectivity index (χ4v) is 7.44. The van der Waals surface area contributed by atoms with Crippen molar-refractivity contribution in [3.63, 3.8) is 0 Å². The van der Waals surface area contributed by atoms with Crippen LogP contribution in [-0.4, -0.2) is 75.5 Å². The molecule has 2 aliphatic heterocycles. The summed E-state index contributed by atoms with van der Waals surface area (Å²) in [6, 6.07) is 4.49. The maximum absolute atomic E-state index is 13.6. The Hall–Kier alpha value is -1.82. The van der Waals surface area contributed by atoms with Crippen LogP contribution in [0.4, 0.5) is 5.69 Å². The zero-order chi connectivity index (χ0) is 26.8. The third kappa shape index (κ3) is 8.87. The zero-order valence-electron chi connectivity index (χ0n) is 22.0. The second-order valence-corrected chi connectivity index (χ2v) is 13.0. The molecule has 2 aliphatic rings. The summed E-state index contributed by atoms with van der Waals surface area (Å²) in [7, 11) is -3.92. The van der Waals surface area contributed by atoms with Gasteiger partial charge in [-0.15, -0.1) is 0 Å². The van der Waals surface area contributed by atoms with E-state index in [1.807, 2.05) is 6.07 Å². The standard InChI is InChI=1S/C26H42N4O5S2/c1-19-16-22-6-5-7-24(25(22)28-17-19)37(33,34)29-23(18-36-15-4-3-11-27)26(32)30-12-8-21(9-13-30)10-14-35-20(2)31/h5-7,19,21,23,28-29H,3-4,8-18,27H2,1-2H3/t19?,23-/m0/s1. The predicted octanol–water partition coefficient (Wildman–Crippen LogP) is 2.60. The molecule has 0 saturated carbocycles. The quantitative estimate of drug-likeness (QED) is 0.251. The highest BCUT2D eigenvalue weighted by Crippen LogP contribution is 2.31. The number of esters is 1. The van der Waals surface area contributed by atoms with Crippen molar-refractivity contribution in [2.45, 2.75) is 63.3 Å². The molecule has 1 fully saturated rings. The van der Waals surface area contributed by atoms with Gasteiger partial charge < -0.3 is 20.7 Å². The Bertz CT molecular complexity index is 1010. The number of sulfonamides is 1. The minimum absolute atomic E-state index is 0.181. The summed E-state index contributed by atoms with van der Waals surface area (Å²) in [5.74, 6) is 1.54. The number of nitrogens with zero attached hydrogens (tertiary/aromatic N) is 1. The molecule has 1 unspecified atom stereocenters. The fourth-order valence-electron chi connectivity index (χ4n) is 4.88. The number of piperidine rings is 1. The van der Waals surface area contributed by atoms with Crippen LogP contribution in [0.1, 0.15) is 51.5 Å². The number of anilines is 1. The highest BCUT2D eigenvalue weighted by Gasteiger charge is 2.33. The van der Waals surface area contributed by atoms with Gasteiger partial charge in [0.25, 0.3) is 0 Å². The van der Waals surface area contributed by atoms with E-state index >= 15 is 0 Å². The highest BCUT2D eigenvalue weighted by molar-refractivity contribution is 7.99. The number of ether oxygens (including phenoxy) is 1. The number of para-hydroxylation sites is 1. The predicted molar refractivity (Wildman–Crippen MR) is 148 cm³/mol. The first-order chi connectivity index (χ1) is 17.7. The number of hydrogen-bond acceptors (Lipinski definition) is 8. The summed E-state index contributed by atoms with van der Waals surface area (Å²) in [6.07, 6.45) is 5.04. The highest BCUT2D eigenvalue weighted by atomic mass is 32.2. The molecular weight excluding hydrogens is 512 g/mol. The van der Waals surface area contributed by atoms with Gasteiger partial charge in [-0.2, -0.15) is 16.5 Å². The molecule has 37 heavy (non-hydrogen) atoms. The third-order valence-corrected chi connectivity index (χ3v) is 9.64. The van der Waals surface area contributed by atoms with Crippen molar-refractivity contribution in [3.05, 3.63) is 23.8 Å². The Kier molecular flexibility index (Phi) is 11.5. The first kappa shape index (κ1) is 29.7. The van der Waals surface area contributed by atoms with E-state index in [0.717, 1.165) is 49.8 Å². The summed E-state index contributed by atoms with van der Waals surface area (Å²) in [5.41, 5.74) is 7.22. The Labute approximate surface area is 225 Å². The second-order valence-electron chi connectivity index (χ2n) is 10.1. The zero-order valence-corrected chi connectivity index (χ0v) is 23.7. The molecule has 0 bridgehead atoms. The number of carbonyl (C=O) groups is 2. The monoisotopic (exact) mass is 554 g/mol. The lowest BCUT2D eigenvalue weighted by molar-refractivity contribution is -0.141. The molecule has 3 rings (SSSR count). The van der Waals surface area contributed by atoms with Crippen molar-refractivity contribution < 1.29 is 22.7 Å². The summed E-state index contributed by atoms with van der Waals surface area (Å²) in [6.45, 7) is 6.39. The lowest BCUT2D eigenvalue weighted by Crippen LogP contribution is -2.52. The fraction of sp³-hybridized carbons (Fsp3) is 0.692. The molecule has 11 heteroatoms. The molecule has 2 heterocycles. The van der Waals surface area contributed by atoms with Crippen molar-refractivity contribution >= 4 is 39.3 Å². The lowest BCUT2D eigenvalue weighted by Gasteiger charge is -2.34. The van der Waals surface area contributed by atoms with Gasteiger partial charge in [-0.05, 0) is 74.3 Å². The maximum atomic E-state index is 13.6. The second kappa shape index (κ2) is 14.4. The number of carbonyl (C=O) groups excluding carboxylic acids is 2. The van der Waals surface area contributed by atoms with Crippen molar-refractivity contribution in [1.82, 2.24) is 9.62 Å². The van der Waals surface area contributed by atoms with Crippen LogP contribution in [0, 0.1) is 11.8 Å². The molecule has 0 radical (unpaired) electrons. The summed E-state index contributed by atoms with van der Waals surface area (Å²) in [5, 5.41) is 3.28. The van der Waals surface area contributed by atoms with Gasteiger partial charge in [0.2, 0.25) is 15.9 Å². The molecule has 208 valence electrons. The SMILES string of the molecule is CC(=O)OCCC1CCN(C(=O)[C@H](CSCCCCN)NS(=O)(=O)c2cccc3c2NCC(C)C3)CC1. The molecule has 1 saturated heterocycles. The number of benzene rings is 1. The van der Waals surface area contributed by atoms with Crippen LogP contribution >= 0.6 is 11.8 Å². The summed E-state index contributed by atoms with van der Waals surface area (Å²) in [4.78, 5) is 26.5. The van der Waals surface area contributed by atoms with E-state index in [4.69, 9.17) is 10.5 Å². The molecule has 1 aromatic rings. The number of fused-ring (bicyclic) bond motifs is 1. The van der Waals surface area contributed by atoms with Gasteiger partial charge in [0.05, 0.1) is 12.3 Å². The third-order valence-electron chi connectivity index (χ3n) is 6.98. The molecule has 1 aromatic carbocycles. The molecule has 9 nitrogen and oxygen atoms in total. The first-order valence-corrected chi connectivity index (χ1v) is 15.9. The van der Waals surface area contributed by atoms with Gasteiger partial charge >= 0.3 is 5.97 Å². The number of likely N-dealkylation sites (tertiary alicyclic amines) is 1. The lowest BCUT2D eigenvalue weighted by atomic mass is 9.93. The van der Waals surface area contributed by atoms with Crippen molar-refractivity contribution in [1.29, 1.82) is 0 Å². The molecule has 0 aromatic heterocycles. The van der Waals surface area contributed by atoms with Gasteiger partial charge in [-0.1, -0.05) is 19.1 Å². The Morgan fingerprint density at radius 2 is 2.03 bits per heavy atom. The smallest absolute Gasteiger partial charge is 0.302 e. The van der Waals surface area contributed by atoms with E-state index in [2.05, 4.69) is 17.0 Å². The number of nitrogens with two attached hydrogens (primary N) is 1. The van der Waals surface area contributed by atoms with E-state index in [1.54, 1.807) is 28.8 Å². The van der Waals surface area contributed by atoms with Crippen molar-refractivity contribution in [2.24, 2.45) is 17.6 Å². The van der Waals surface area contributed by atoms with E-state index in [9.17, 15) is 18.0 Å². The molecule has 0 spiro atoms. The molecular formula is C26H42N4O5S2. The number of unbranched alkanes of at least 4 members (excludes halogenated alkanes) is 1. The number of amides is 1. The largest absolute Gasteiger partial charge is 0.466 e. The van der Waals surface area contributed by atoms with Crippen LogP contribution in [0.2, 0.25) is 0 Å². The van der Waals surface area contributed by atoms with Crippen LogP contribution in [0.5, 0.6) is 0 Å². The van der Waals surface area contributed by atoms with E-state index in [1.165, 1.54) is 6.92 Å². The minimum atomic E-state index is -3.92. The Morgan fingerprint density at radius 1 is 1.27 bits per heavy atom. The van der Waals surface area contributed by atoms with Crippen molar-refractivity contribution in [3.8, 4) is 0 Å². The number of rotatable bonds is 13. The number of thioether (sulfide) groups is 1. The topological polar surface area (TPSA) is 131 Å². The molecule has 1 amide bonds. The minimum Gasteiger partial charge on any atom is -0.466 e. The number of nitrogens with one attached hydrogen (secondary N) is 2. The normalized spacial score (nSPS) is 19.1. The number of hydrogen-bond donors (Lipinski definition) is 3. The summed E-state index contributed by atoms with van der Waals surface area (Å²) < 4.78 is 34.9. The average molecular weight is 555 g/mol. The average Bonchev–Trinajstić information content (AvgIpc) is 2.87.